The van der Waals surface area contributed by atoms with Gasteiger partial charge in [0.15, 0.2) is 6.10 Å². The summed E-state index contributed by atoms with van der Waals surface area (Å²) in [4.78, 5) is 26.6. The van der Waals surface area contributed by atoms with Crippen LogP contribution < -0.4 is 4.74 Å². The summed E-state index contributed by atoms with van der Waals surface area (Å²) in [5.41, 5.74) is 2.91. The van der Waals surface area contributed by atoms with Gasteiger partial charge in [0.05, 0.1) is 13.0 Å². The van der Waals surface area contributed by atoms with Gasteiger partial charge in [-0.25, -0.2) is 0 Å². The average Bonchev–Trinajstić information content (AvgIpc) is 2.68. The topological polar surface area (TPSA) is 55.8 Å². The van der Waals surface area contributed by atoms with Crippen molar-refractivity contribution in [2.45, 2.75) is 46.8 Å². The van der Waals surface area contributed by atoms with Crippen LogP contribution in [-0.2, 0) is 20.9 Å². The standard InChI is InChI=1S/C23H28BrNO4/c1-5-28-21(26)11-12-25(15-19-9-7-6-8-10-19)23(27)18(4)29-22-16(2)13-20(24)14-17(22)3/h6-10,13-14,18H,5,11-12,15H2,1-4H3. The summed E-state index contributed by atoms with van der Waals surface area (Å²) in [6, 6.07) is 13.6. The van der Waals surface area contributed by atoms with Crippen LogP contribution in [0, 0.1) is 13.8 Å². The number of hydrogen-bond acceptors (Lipinski definition) is 4. The molecule has 1 amide bonds. The van der Waals surface area contributed by atoms with Gasteiger partial charge in [0, 0.05) is 17.6 Å². The van der Waals surface area contributed by atoms with Crippen LogP contribution in [0.15, 0.2) is 46.9 Å². The molecule has 1 unspecified atom stereocenters. The Bertz CT molecular complexity index is 815. The molecule has 2 aromatic carbocycles. The summed E-state index contributed by atoms with van der Waals surface area (Å²) >= 11 is 3.47. The molecule has 0 heterocycles. The maximum atomic E-state index is 13.2. The van der Waals surface area contributed by atoms with Crippen molar-refractivity contribution >= 4 is 27.8 Å². The van der Waals surface area contributed by atoms with Gasteiger partial charge in [-0.2, -0.15) is 0 Å². The van der Waals surface area contributed by atoms with E-state index in [1.165, 1.54) is 0 Å². The minimum atomic E-state index is -0.681. The van der Waals surface area contributed by atoms with Crippen molar-refractivity contribution in [3.63, 3.8) is 0 Å². The highest BCUT2D eigenvalue weighted by Crippen LogP contribution is 2.28. The number of benzene rings is 2. The first-order valence-electron chi connectivity index (χ1n) is 9.73. The third-order valence-electron chi connectivity index (χ3n) is 4.49. The average molecular weight is 462 g/mol. The molecule has 0 aromatic heterocycles. The number of carbonyl (C=O) groups is 2. The van der Waals surface area contributed by atoms with Crippen LogP contribution in [0.1, 0.15) is 37.0 Å². The van der Waals surface area contributed by atoms with Crippen LogP contribution in [0.4, 0.5) is 0 Å². The van der Waals surface area contributed by atoms with E-state index in [4.69, 9.17) is 9.47 Å². The van der Waals surface area contributed by atoms with E-state index in [9.17, 15) is 9.59 Å². The first kappa shape index (κ1) is 22.9. The minimum absolute atomic E-state index is 0.148. The van der Waals surface area contributed by atoms with Crippen molar-refractivity contribution in [2.24, 2.45) is 0 Å². The highest BCUT2D eigenvalue weighted by molar-refractivity contribution is 9.10. The summed E-state index contributed by atoms with van der Waals surface area (Å²) in [6.07, 6.45) is -0.533. The van der Waals surface area contributed by atoms with Crippen LogP contribution >= 0.6 is 15.9 Å². The van der Waals surface area contributed by atoms with Crippen LogP contribution in [-0.4, -0.2) is 36.0 Å². The number of nitrogens with zero attached hydrogens (tertiary/aromatic N) is 1. The minimum Gasteiger partial charge on any atom is -0.480 e. The Morgan fingerprint density at radius 2 is 1.72 bits per heavy atom. The fraction of sp³-hybridized carbons (Fsp3) is 0.391. The van der Waals surface area contributed by atoms with Gasteiger partial charge in [-0.15, -0.1) is 0 Å². The third kappa shape index (κ3) is 6.89. The van der Waals surface area contributed by atoms with E-state index in [-0.39, 0.29) is 24.8 Å². The van der Waals surface area contributed by atoms with E-state index in [0.717, 1.165) is 21.2 Å². The van der Waals surface area contributed by atoms with Gasteiger partial charge < -0.3 is 14.4 Å². The molecule has 29 heavy (non-hydrogen) atoms. The Labute approximate surface area is 181 Å². The largest absolute Gasteiger partial charge is 0.480 e. The Morgan fingerprint density at radius 3 is 2.31 bits per heavy atom. The summed E-state index contributed by atoms with van der Waals surface area (Å²) in [6.45, 7) is 8.42. The number of ether oxygens (including phenoxy) is 2. The van der Waals surface area contributed by atoms with Gasteiger partial charge in [0.25, 0.3) is 5.91 Å². The second-order valence-electron chi connectivity index (χ2n) is 6.93. The van der Waals surface area contributed by atoms with Gasteiger partial charge >= 0.3 is 5.97 Å². The molecular weight excluding hydrogens is 434 g/mol. The summed E-state index contributed by atoms with van der Waals surface area (Å²) in [5.74, 6) is 0.227. The number of halogens is 1. The van der Waals surface area contributed by atoms with Gasteiger partial charge in [0.2, 0.25) is 0 Å². The molecule has 0 bridgehead atoms. The summed E-state index contributed by atoms with van der Waals surface area (Å²) in [5, 5.41) is 0. The van der Waals surface area contributed by atoms with Crippen molar-refractivity contribution < 1.29 is 19.1 Å². The lowest BCUT2D eigenvalue weighted by Gasteiger charge is -2.27. The lowest BCUT2D eigenvalue weighted by atomic mass is 10.1. The molecular formula is C23H28BrNO4. The van der Waals surface area contributed by atoms with Crippen molar-refractivity contribution in [1.29, 1.82) is 0 Å². The SMILES string of the molecule is CCOC(=O)CCN(Cc1ccccc1)C(=O)C(C)Oc1c(C)cc(Br)cc1C. The number of amides is 1. The Hall–Kier alpha value is -2.34. The van der Waals surface area contributed by atoms with E-state index in [0.29, 0.717) is 18.9 Å². The van der Waals surface area contributed by atoms with E-state index in [1.807, 2.05) is 56.3 Å². The molecule has 0 fully saturated rings. The van der Waals surface area contributed by atoms with Gasteiger partial charge in [-0.3, -0.25) is 9.59 Å². The molecule has 1 atom stereocenters. The molecule has 2 rings (SSSR count). The van der Waals surface area contributed by atoms with Gasteiger partial charge in [0.1, 0.15) is 5.75 Å². The Kier molecular flexibility index (Phi) is 8.70. The summed E-state index contributed by atoms with van der Waals surface area (Å²) in [7, 11) is 0. The van der Waals surface area contributed by atoms with Crippen molar-refractivity contribution in [3.8, 4) is 5.75 Å². The van der Waals surface area contributed by atoms with Crippen LogP contribution in [0.25, 0.3) is 0 Å². The molecule has 0 aliphatic carbocycles. The zero-order chi connectivity index (χ0) is 21.4. The first-order chi connectivity index (χ1) is 13.8. The number of rotatable bonds is 9. The molecule has 2 aromatic rings. The predicted octanol–water partition coefficient (Wildman–Crippen LogP) is 4.82. The smallest absolute Gasteiger partial charge is 0.307 e. The zero-order valence-corrected chi connectivity index (χ0v) is 19.0. The van der Waals surface area contributed by atoms with E-state index >= 15 is 0 Å². The fourth-order valence-corrected chi connectivity index (χ4v) is 3.78. The van der Waals surface area contributed by atoms with E-state index in [2.05, 4.69) is 15.9 Å². The number of carbonyl (C=O) groups excluding carboxylic acids is 2. The second kappa shape index (κ2) is 11.0. The van der Waals surface area contributed by atoms with Crippen molar-refractivity contribution in [1.82, 2.24) is 4.90 Å². The molecule has 156 valence electrons. The predicted molar refractivity (Wildman–Crippen MR) is 117 cm³/mol. The highest BCUT2D eigenvalue weighted by Gasteiger charge is 2.24. The maximum Gasteiger partial charge on any atom is 0.307 e. The Morgan fingerprint density at radius 1 is 1.10 bits per heavy atom. The van der Waals surface area contributed by atoms with Crippen LogP contribution in [0.2, 0.25) is 0 Å². The second-order valence-corrected chi connectivity index (χ2v) is 7.84. The first-order valence-corrected chi connectivity index (χ1v) is 10.5. The summed E-state index contributed by atoms with van der Waals surface area (Å²) < 4.78 is 12.0. The van der Waals surface area contributed by atoms with Crippen LogP contribution in [0.5, 0.6) is 5.75 Å². The molecule has 0 aliphatic rings. The third-order valence-corrected chi connectivity index (χ3v) is 4.94. The molecule has 0 spiro atoms. The molecule has 0 N–H and O–H groups in total. The molecule has 0 radical (unpaired) electrons. The zero-order valence-electron chi connectivity index (χ0n) is 17.4. The monoisotopic (exact) mass is 461 g/mol. The normalized spacial score (nSPS) is 11.6. The molecule has 0 saturated heterocycles. The van der Waals surface area contributed by atoms with Crippen molar-refractivity contribution in [2.75, 3.05) is 13.2 Å². The molecule has 0 aliphatic heterocycles. The van der Waals surface area contributed by atoms with Gasteiger partial charge in [-0.05, 0) is 56.5 Å². The molecule has 0 saturated carbocycles. The van der Waals surface area contributed by atoms with E-state index < -0.39 is 6.10 Å². The molecule has 6 heteroatoms. The molecule has 5 nitrogen and oxygen atoms in total. The quantitative estimate of drug-likeness (QED) is 0.502. The number of esters is 1. The van der Waals surface area contributed by atoms with Crippen LogP contribution in [0.3, 0.4) is 0 Å². The maximum absolute atomic E-state index is 13.2. The lowest BCUT2D eigenvalue weighted by molar-refractivity contribution is -0.145. The highest BCUT2D eigenvalue weighted by atomic mass is 79.9. The number of hydrogen-bond donors (Lipinski definition) is 0. The lowest BCUT2D eigenvalue weighted by Crippen LogP contribution is -2.41. The number of aryl methyl sites for hydroxylation is 2. The van der Waals surface area contributed by atoms with Gasteiger partial charge in [-0.1, -0.05) is 46.3 Å². The Balaban J connectivity index is 2.15. The fourth-order valence-electron chi connectivity index (χ4n) is 3.10. The van der Waals surface area contributed by atoms with E-state index in [1.54, 1.807) is 18.7 Å². The van der Waals surface area contributed by atoms with Crippen molar-refractivity contribution in [3.05, 3.63) is 63.6 Å².